The van der Waals surface area contributed by atoms with Crippen LogP contribution in [0.15, 0.2) is 24.3 Å². The number of piperidine rings is 1. The number of methoxy groups -OCH3 is 1. The molecule has 2 rings (SSSR count). The Balaban J connectivity index is 1.91. The van der Waals surface area contributed by atoms with Crippen molar-refractivity contribution in [3.63, 3.8) is 0 Å². The maximum absolute atomic E-state index is 12.3. The van der Waals surface area contributed by atoms with Gasteiger partial charge in [-0.1, -0.05) is 0 Å². The van der Waals surface area contributed by atoms with Crippen LogP contribution in [-0.4, -0.2) is 49.9 Å². The highest BCUT2D eigenvalue weighted by Gasteiger charge is 2.28. The zero-order valence-electron chi connectivity index (χ0n) is 12.2. The summed E-state index contributed by atoms with van der Waals surface area (Å²) < 4.78 is 46.0. The smallest absolute Gasteiger partial charge is 0.422 e. The number of benzene rings is 1. The Labute approximate surface area is 126 Å². The fourth-order valence-electron chi connectivity index (χ4n) is 2.34. The summed E-state index contributed by atoms with van der Waals surface area (Å²) in [6.45, 7) is -0.113. The predicted molar refractivity (Wildman–Crippen MR) is 73.9 cm³/mol. The third kappa shape index (κ3) is 4.62. The van der Waals surface area contributed by atoms with Gasteiger partial charge < -0.3 is 14.4 Å². The number of hydrogen-bond acceptors (Lipinski definition) is 3. The highest BCUT2D eigenvalue weighted by molar-refractivity contribution is 5.94. The van der Waals surface area contributed by atoms with Gasteiger partial charge in [-0.15, -0.1) is 0 Å². The van der Waals surface area contributed by atoms with Gasteiger partial charge in [-0.05, 0) is 37.1 Å². The van der Waals surface area contributed by atoms with Gasteiger partial charge in [0.2, 0.25) is 0 Å². The van der Waals surface area contributed by atoms with Crippen LogP contribution in [0.4, 0.5) is 13.2 Å². The van der Waals surface area contributed by atoms with Crippen molar-refractivity contribution in [2.75, 3.05) is 26.8 Å². The van der Waals surface area contributed by atoms with E-state index in [1.165, 1.54) is 24.3 Å². The summed E-state index contributed by atoms with van der Waals surface area (Å²) >= 11 is 0. The number of nitrogens with zero attached hydrogens (tertiary/aromatic N) is 1. The van der Waals surface area contributed by atoms with E-state index in [0.717, 1.165) is 12.8 Å². The standard InChI is InChI=1S/C15H18F3NO3/c1-21-12-6-8-19(9-7-12)14(20)11-2-4-13(5-3-11)22-10-15(16,17)18/h2-5,12H,6-10H2,1H3. The van der Waals surface area contributed by atoms with Crippen molar-refractivity contribution in [3.8, 4) is 5.75 Å². The van der Waals surface area contributed by atoms with Gasteiger partial charge in [0, 0.05) is 25.8 Å². The first kappa shape index (κ1) is 16.6. The molecule has 1 aromatic rings. The van der Waals surface area contributed by atoms with E-state index in [0.29, 0.717) is 18.7 Å². The Morgan fingerprint density at radius 3 is 2.32 bits per heavy atom. The Bertz CT molecular complexity index is 494. The normalized spacial score (nSPS) is 16.6. The van der Waals surface area contributed by atoms with Crippen molar-refractivity contribution < 1.29 is 27.4 Å². The number of ether oxygens (including phenoxy) is 2. The van der Waals surface area contributed by atoms with Crippen LogP contribution < -0.4 is 4.74 Å². The molecule has 7 heteroatoms. The van der Waals surface area contributed by atoms with Crippen LogP contribution in [0.5, 0.6) is 5.75 Å². The number of carbonyl (C=O) groups excluding carboxylic acids is 1. The van der Waals surface area contributed by atoms with Crippen LogP contribution >= 0.6 is 0 Å². The molecule has 0 radical (unpaired) electrons. The van der Waals surface area contributed by atoms with Gasteiger partial charge in [-0.25, -0.2) is 0 Å². The van der Waals surface area contributed by atoms with E-state index in [4.69, 9.17) is 4.74 Å². The maximum atomic E-state index is 12.3. The molecule has 0 atom stereocenters. The molecule has 0 aliphatic carbocycles. The lowest BCUT2D eigenvalue weighted by atomic mass is 10.1. The van der Waals surface area contributed by atoms with Crippen molar-refractivity contribution in [3.05, 3.63) is 29.8 Å². The SMILES string of the molecule is COC1CCN(C(=O)c2ccc(OCC(F)(F)F)cc2)CC1. The van der Waals surface area contributed by atoms with Gasteiger partial charge in [-0.2, -0.15) is 13.2 Å². The number of likely N-dealkylation sites (tertiary alicyclic amines) is 1. The van der Waals surface area contributed by atoms with Crippen LogP contribution in [0.25, 0.3) is 0 Å². The van der Waals surface area contributed by atoms with E-state index in [1.807, 2.05) is 0 Å². The zero-order chi connectivity index (χ0) is 16.2. The van der Waals surface area contributed by atoms with Crippen molar-refractivity contribution in [1.82, 2.24) is 4.90 Å². The molecule has 0 bridgehead atoms. The third-order valence-corrected chi connectivity index (χ3v) is 3.57. The summed E-state index contributed by atoms with van der Waals surface area (Å²) in [5.41, 5.74) is 0.440. The van der Waals surface area contributed by atoms with Crippen LogP contribution in [0, 0.1) is 0 Å². The molecule has 1 aliphatic heterocycles. The number of rotatable bonds is 4. The number of alkyl halides is 3. The van der Waals surface area contributed by atoms with Crippen molar-refractivity contribution in [1.29, 1.82) is 0 Å². The van der Waals surface area contributed by atoms with Crippen molar-refractivity contribution in [2.24, 2.45) is 0 Å². The van der Waals surface area contributed by atoms with Gasteiger partial charge >= 0.3 is 6.18 Å². The van der Waals surface area contributed by atoms with E-state index in [9.17, 15) is 18.0 Å². The van der Waals surface area contributed by atoms with E-state index < -0.39 is 12.8 Å². The molecule has 22 heavy (non-hydrogen) atoms. The summed E-state index contributed by atoms with van der Waals surface area (Å²) in [4.78, 5) is 14.0. The lowest BCUT2D eigenvalue weighted by molar-refractivity contribution is -0.153. The summed E-state index contributed by atoms with van der Waals surface area (Å²) in [6.07, 6.45) is -2.62. The number of carbonyl (C=O) groups is 1. The van der Waals surface area contributed by atoms with Crippen LogP contribution in [0.2, 0.25) is 0 Å². The van der Waals surface area contributed by atoms with Gasteiger partial charge in [-0.3, -0.25) is 4.79 Å². The summed E-state index contributed by atoms with van der Waals surface area (Å²) in [5.74, 6) is -0.0381. The average Bonchev–Trinajstić information content (AvgIpc) is 2.52. The molecule has 0 unspecified atom stereocenters. The Morgan fingerprint density at radius 1 is 1.23 bits per heavy atom. The highest BCUT2D eigenvalue weighted by Crippen LogP contribution is 2.20. The van der Waals surface area contributed by atoms with Crippen LogP contribution in [0.3, 0.4) is 0 Å². The number of hydrogen-bond donors (Lipinski definition) is 0. The minimum atomic E-state index is -4.37. The molecular weight excluding hydrogens is 299 g/mol. The first-order valence-corrected chi connectivity index (χ1v) is 7.01. The van der Waals surface area contributed by atoms with Gasteiger partial charge in [0.05, 0.1) is 6.10 Å². The van der Waals surface area contributed by atoms with E-state index >= 15 is 0 Å². The minimum absolute atomic E-state index is 0.0898. The molecule has 4 nitrogen and oxygen atoms in total. The monoisotopic (exact) mass is 317 g/mol. The topological polar surface area (TPSA) is 38.8 Å². The molecule has 1 aliphatic rings. The summed E-state index contributed by atoms with van der Waals surface area (Å²) in [7, 11) is 1.65. The molecular formula is C15H18F3NO3. The Kier molecular flexibility index (Phi) is 5.28. The van der Waals surface area contributed by atoms with Gasteiger partial charge in [0.1, 0.15) is 5.75 Å². The predicted octanol–water partition coefficient (Wildman–Crippen LogP) is 2.88. The Hall–Kier alpha value is -1.76. The van der Waals surface area contributed by atoms with Gasteiger partial charge in [0.25, 0.3) is 5.91 Å². The van der Waals surface area contributed by atoms with E-state index in [-0.39, 0.29) is 17.8 Å². The van der Waals surface area contributed by atoms with E-state index in [1.54, 1.807) is 12.0 Å². The number of amides is 1. The molecule has 1 heterocycles. The Morgan fingerprint density at radius 2 is 1.82 bits per heavy atom. The van der Waals surface area contributed by atoms with Gasteiger partial charge in [0.15, 0.2) is 6.61 Å². The molecule has 1 amide bonds. The third-order valence-electron chi connectivity index (χ3n) is 3.57. The van der Waals surface area contributed by atoms with Crippen LogP contribution in [0.1, 0.15) is 23.2 Å². The fraction of sp³-hybridized carbons (Fsp3) is 0.533. The fourth-order valence-corrected chi connectivity index (χ4v) is 2.34. The lowest BCUT2D eigenvalue weighted by Crippen LogP contribution is -2.40. The minimum Gasteiger partial charge on any atom is -0.484 e. The average molecular weight is 317 g/mol. The molecule has 1 aromatic carbocycles. The molecule has 0 spiro atoms. The molecule has 0 aromatic heterocycles. The molecule has 0 saturated carbocycles. The molecule has 122 valence electrons. The first-order chi connectivity index (χ1) is 10.4. The van der Waals surface area contributed by atoms with Crippen molar-refractivity contribution in [2.45, 2.75) is 25.1 Å². The zero-order valence-corrected chi connectivity index (χ0v) is 12.2. The number of halogens is 3. The molecule has 1 saturated heterocycles. The van der Waals surface area contributed by atoms with Crippen molar-refractivity contribution >= 4 is 5.91 Å². The molecule has 1 fully saturated rings. The molecule has 0 N–H and O–H groups in total. The summed E-state index contributed by atoms with van der Waals surface area (Å²) in [6, 6.07) is 5.72. The highest BCUT2D eigenvalue weighted by atomic mass is 19.4. The second-order valence-electron chi connectivity index (χ2n) is 5.16. The first-order valence-electron chi connectivity index (χ1n) is 7.01. The second kappa shape index (κ2) is 7.00. The largest absolute Gasteiger partial charge is 0.484 e. The maximum Gasteiger partial charge on any atom is 0.422 e. The van der Waals surface area contributed by atoms with Crippen LogP contribution in [-0.2, 0) is 4.74 Å². The second-order valence-corrected chi connectivity index (χ2v) is 5.16. The quantitative estimate of drug-likeness (QED) is 0.857. The summed E-state index contributed by atoms with van der Waals surface area (Å²) in [5, 5.41) is 0. The van der Waals surface area contributed by atoms with E-state index in [2.05, 4.69) is 4.74 Å². The lowest BCUT2D eigenvalue weighted by Gasteiger charge is -2.31.